The highest BCUT2D eigenvalue weighted by atomic mass is 35.5. The first kappa shape index (κ1) is 24.7. The maximum Gasteiger partial charge on any atom is 0.241 e. The van der Waals surface area contributed by atoms with Gasteiger partial charge in [-0.15, -0.1) is 12.4 Å². The first-order valence-corrected chi connectivity index (χ1v) is 12.2. The van der Waals surface area contributed by atoms with Gasteiger partial charge in [-0.2, -0.15) is 0 Å². The Morgan fingerprint density at radius 2 is 1.66 bits per heavy atom. The molecule has 2 heterocycles. The second-order valence-corrected chi connectivity index (χ2v) is 9.85. The minimum atomic E-state index is -3.73. The van der Waals surface area contributed by atoms with E-state index in [-0.39, 0.29) is 29.3 Å². The van der Waals surface area contributed by atoms with E-state index in [1.807, 2.05) is 31.2 Å². The monoisotopic (exact) mass is 479 g/mol. The Hall–Kier alpha value is -1.97. The number of nitrogens with one attached hydrogen (secondary N) is 1. The van der Waals surface area contributed by atoms with Crippen LogP contribution < -0.4 is 9.62 Å². The fourth-order valence-corrected chi connectivity index (χ4v) is 5.25. The molecule has 1 unspecified atom stereocenters. The van der Waals surface area contributed by atoms with Gasteiger partial charge in [0.05, 0.1) is 24.2 Å². The molecule has 7 nitrogen and oxygen atoms in total. The van der Waals surface area contributed by atoms with E-state index in [2.05, 4.69) is 9.62 Å². The molecule has 0 spiro atoms. The average Bonchev–Trinajstić information content (AvgIpc) is 3.20. The van der Waals surface area contributed by atoms with Gasteiger partial charge in [-0.1, -0.05) is 29.8 Å². The molecule has 2 aliphatic heterocycles. The molecule has 174 valence electrons. The van der Waals surface area contributed by atoms with E-state index in [0.717, 1.165) is 36.3 Å². The molecule has 2 aromatic carbocycles. The highest BCUT2D eigenvalue weighted by Gasteiger charge is 2.26. The van der Waals surface area contributed by atoms with Crippen LogP contribution in [0.5, 0.6) is 0 Å². The number of carbonyl (C=O) groups is 1. The summed E-state index contributed by atoms with van der Waals surface area (Å²) in [7, 11) is -3.73. The summed E-state index contributed by atoms with van der Waals surface area (Å²) in [6.45, 7) is 6.14. The summed E-state index contributed by atoms with van der Waals surface area (Å²) in [6, 6.07) is 14.1. The fraction of sp³-hybridized carbons (Fsp3) is 0.435. The Morgan fingerprint density at radius 3 is 2.25 bits per heavy atom. The van der Waals surface area contributed by atoms with Crippen LogP contribution in [0.1, 0.15) is 30.0 Å². The topological polar surface area (TPSA) is 79.0 Å². The van der Waals surface area contributed by atoms with Crippen LogP contribution in [0.4, 0.5) is 5.69 Å². The Balaban J connectivity index is 0.00000289. The summed E-state index contributed by atoms with van der Waals surface area (Å²) in [5.41, 5.74) is 2.80. The molecule has 2 fully saturated rings. The SMILES string of the molecule is Cc1ccc(C(CN2CCOCC2)NS(=O)(=O)c2ccc(N3CCCC3=O)cc2)cc1.Cl. The van der Waals surface area contributed by atoms with Crippen LogP contribution in [0.2, 0.25) is 0 Å². The van der Waals surface area contributed by atoms with E-state index >= 15 is 0 Å². The minimum absolute atomic E-state index is 0. The van der Waals surface area contributed by atoms with Gasteiger partial charge in [0.25, 0.3) is 0 Å². The lowest BCUT2D eigenvalue weighted by atomic mass is 10.1. The minimum Gasteiger partial charge on any atom is -0.379 e. The van der Waals surface area contributed by atoms with Crippen molar-refractivity contribution in [3.05, 3.63) is 59.7 Å². The number of morpholine rings is 1. The van der Waals surface area contributed by atoms with Crippen molar-refractivity contribution in [2.75, 3.05) is 44.3 Å². The number of sulfonamides is 1. The largest absolute Gasteiger partial charge is 0.379 e. The third kappa shape index (κ3) is 5.88. The zero-order valence-corrected chi connectivity index (χ0v) is 19.8. The molecule has 4 rings (SSSR count). The van der Waals surface area contributed by atoms with Crippen LogP contribution in [0.25, 0.3) is 0 Å². The molecule has 1 N–H and O–H groups in total. The molecule has 1 amide bonds. The van der Waals surface area contributed by atoms with Crippen molar-refractivity contribution in [1.82, 2.24) is 9.62 Å². The van der Waals surface area contributed by atoms with Crippen LogP contribution in [-0.4, -0.2) is 58.6 Å². The number of benzene rings is 2. The molecule has 0 radical (unpaired) electrons. The molecule has 2 saturated heterocycles. The standard InChI is InChI=1S/C23H29N3O4S.ClH/c1-18-4-6-19(7-5-18)22(17-25-13-15-30-16-14-25)24-31(28,29)21-10-8-20(9-11-21)26-12-2-3-23(26)27;/h4-11,22,24H,2-3,12-17H2,1H3;1H. The maximum absolute atomic E-state index is 13.2. The lowest BCUT2D eigenvalue weighted by Gasteiger charge is -2.31. The summed E-state index contributed by atoms with van der Waals surface area (Å²) >= 11 is 0. The van der Waals surface area contributed by atoms with Gasteiger partial charge in [0, 0.05) is 38.3 Å². The lowest BCUT2D eigenvalue weighted by Crippen LogP contribution is -2.43. The first-order valence-electron chi connectivity index (χ1n) is 10.7. The number of hydrogen-bond acceptors (Lipinski definition) is 5. The van der Waals surface area contributed by atoms with Crippen molar-refractivity contribution in [3.63, 3.8) is 0 Å². The van der Waals surface area contributed by atoms with Crippen LogP contribution in [0.3, 0.4) is 0 Å². The highest BCUT2D eigenvalue weighted by Crippen LogP contribution is 2.24. The quantitative estimate of drug-likeness (QED) is 0.660. The van der Waals surface area contributed by atoms with Crippen LogP contribution >= 0.6 is 12.4 Å². The van der Waals surface area contributed by atoms with Gasteiger partial charge in [0.1, 0.15) is 0 Å². The van der Waals surface area contributed by atoms with Crippen LogP contribution in [0.15, 0.2) is 53.4 Å². The van der Waals surface area contributed by atoms with Gasteiger partial charge >= 0.3 is 0 Å². The second-order valence-electron chi connectivity index (χ2n) is 8.14. The summed E-state index contributed by atoms with van der Waals surface area (Å²) in [5, 5.41) is 0. The average molecular weight is 480 g/mol. The summed E-state index contributed by atoms with van der Waals surface area (Å²) in [5.74, 6) is 0.0821. The molecule has 0 bridgehead atoms. The zero-order valence-electron chi connectivity index (χ0n) is 18.2. The number of nitrogens with zero attached hydrogens (tertiary/aromatic N) is 2. The van der Waals surface area contributed by atoms with Gasteiger partial charge < -0.3 is 9.64 Å². The van der Waals surface area contributed by atoms with Crippen molar-refractivity contribution < 1.29 is 17.9 Å². The molecule has 0 saturated carbocycles. The molecule has 2 aliphatic rings. The van der Waals surface area contributed by atoms with E-state index in [9.17, 15) is 13.2 Å². The number of anilines is 1. The summed E-state index contributed by atoms with van der Waals surface area (Å²) in [6.07, 6.45) is 1.38. The fourth-order valence-electron chi connectivity index (χ4n) is 4.03. The van der Waals surface area contributed by atoms with Crippen molar-refractivity contribution in [3.8, 4) is 0 Å². The van der Waals surface area contributed by atoms with Gasteiger partial charge in [-0.05, 0) is 43.2 Å². The Bertz CT molecular complexity index is 1010. The third-order valence-corrected chi connectivity index (χ3v) is 7.34. The molecular weight excluding hydrogens is 450 g/mol. The number of halogens is 1. The second kappa shape index (κ2) is 10.8. The van der Waals surface area contributed by atoms with Gasteiger partial charge in [-0.25, -0.2) is 13.1 Å². The highest BCUT2D eigenvalue weighted by molar-refractivity contribution is 7.89. The Morgan fingerprint density at radius 1 is 1.00 bits per heavy atom. The summed E-state index contributed by atoms with van der Waals surface area (Å²) < 4.78 is 34.7. The van der Waals surface area contributed by atoms with Crippen LogP contribution in [-0.2, 0) is 19.6 Å². The molecule has 32 heavy (non-hydrogen) atoms. The van der Waals surface area contributed by atoms with E-state index in [4.69, 9.17) is 4.74 Å². The van der Waals surface area contributed by atoms with E-state index in [1.54, 1.807) is 29.2 Å². The maximum atomic E-state index is 13.2. The van der Waals surface area contributed by atoms with Gasteiger partial charge in [0.2, 0.25) is 15.9 Å². The van der Waals surface area contributed by atoms with E-state index < -0.39 is 10.0 Å². The molecule has 0 aromatic heterocycles. The van der Waals surface area contributed by atoms with E-state index in [1.165, 1.54) is 0 Å². The Labute approximate surface area is 196 Å². The predicted octanol–water partition coefficient (Wildman–Crippen LogP) is 2.90. The van der Waals surface area contributed by atoms with Gasteiger partial charge in [-0.3, -0.25) is 9.69 Å². The molecular formula is C23H30ClN3O4S. The predicted molar refractivity (Wildman–Crippen MR) is 127 cm³/mol. The number of ether oxygens (including phenoxy) is 1. The summed E-state index contributed by atoms with van der Waals surface area (Å²) in [4.78, 5) is 16.1. The number of carbonyl (C=O) groups excluding carboxylic acids is 1. The van der Waals surface area contributed by atoms with Crippen LogP contribution in [0, 0.1) is 6.92 Å². The van der Waals surface area contributed by atoms with Crippen molar-refractivity contribution in [1.29, 1.82) is 0 Å². The lowest BCUT2D eigenvalue weighted by molar-refractivity contribution is -0.117. The molecule has 9 heteroatoms. The first-order chi connectivity index (χ1) is 14.9. The van der Waals surface area contributed by atoms with Crippen molar-refractivity contribution >= 4 is 34.0 Å². The van der Waals surface area contributed by atoms with Gasteiger partial charge in [0.15, 0.2) is 0 Å². The number of rotatable bonds is 7. The van der Waals surface area contributed by atoms with E-state index in [0.29, 0.717) is 32.7 Å². The number of amides is 1. The smallest absolute Gasteiger partial charge is 0.241 e. The van der Waals surface area contributed by atoms with Crippen molar-refractivity contribution in [2.45, 2.75) is 30.7 Å². The zero-order chi connectivity index (χ0) is 21.8. The van der Waals surface area contributed by atoms with Crippen molar-refractivity contribution in [2.24, 2.45) is 0 Å². The molecule has 0 aliphatic carbocycles. The normalized spacial score (nSPS) is 18.4. The third-order valence-electron chi connectivity index (χ3n) is 5.85. The number of hydrogen-bond donors (Lipinski definition) is 1. The molecule has 2 aromatic rings. The number of aryl methyl sites for hydroxylation is 1. The Kier molecular flexibility index (Phi) is 8.30. The molecule has 1 atom stereocenters.